The topological polar surface area (TPSA) is 114 Å². The molecule has 0 aromatic heterocycles. The van der Waals surface area contributed by atoms with Gasteiger partial charge in [-0.1, -0.05) is 46.8 Å². The predicted molar refractivity (Wildman–Crippen MR) is 132 cm³/mol. The van der Waals surface area contributed by atoms with Crippen molar-refractivity contribution in [3.05, 3.63) is 64.2 Å². The van der Waals surface area contributed by atoms with E-state index in [0.717, 1.165) is 0 Å². The van der Waals surface area contributed by atoms with Crippen molar-refractivity contribution in [1.29, 1.82) is 0 Å². The standard InChI is InChI=1S/C26H30N4O4/c1-16(2)17-6-8-18(9-7-17)27-23(32)26-15-14-25(5,24(26,3)4)21(22(26)31)29-28-19-10-12-20(13-11-19)30(33)34/h6-13,16,28H,14-15H2,1-5H3,(H,27,32). The van der Waals surface area contributed by atoms with Gasteiger partial charge in [-0.05, 0) is 54.0 Å². The summed E-state index contributed by atoms with van der Waals surface area (Å²) in [6, 6.07) is 13.5. The average molecular weight is 463 g/mol. The van der Waals surface area contributed by atoms with Gasteiger partial charge in [-0.15, -0.1) is 0 Å². The van der Waals surface area contributed by atoms with Gasteiger partial charge >= 0.3 is 0 Å². The fourth-order valence-corrected chi connectivity index (χ4v) is 5.44. The highest BCUT2D eigenvalue weighted by molar-refractivity contribution is 6.51. The highest BCUT2D eigenvalue weighted by Crippen LogP contribution is 2.69. The lowest BCUT2D eigenvalue weighted by Gasteiger charge is -2.37. The van der Waals surface area contributed by atoms with E-state index in [1.54, 1.807) is 0 Å². The van der Waals surface area contributed by atoms with Crippen molar-refractivity contribution in [2.45, 2.75) is 53.4 Å². The molecule has 4 rings (SSSR count). The molecule has 2 saturated carbocycles. The summed E-state index contributed by atoms with van der Waals surface area (Å²) >= 11 is 0. The summed E-state index contributed by atoms with van der Waals surface area (Å²) in [6.07, 6.45) is 1.12. The Balaban J connectivity index is 1.62. The maximum atomic E-state index is 13.7. The number of nitro benzene ring substituents is 1. The first-order valence-electron chi connectivity index (χ1n) is 11.5. The van der Waals surface area contributed by atoms with Gasteiger partial charge in [0.15, 0.2) is 5.78 Å². The highest BCUT2D eigenvalue weighted by atomic mass is 16.6. The molecule has 2 bridgehead atoms. The molecule has 2 fully saturated rings. The zero-order valence-corrected chi connectivity index (χ0v) is 20.1. The lowest BCUT2D eigenvalue weighted by atomic mass is 9.64. The SMILES string of the molecule is CC(C)c1ccc(NC(=O)C23CCC(C)(C(=NNc4ccc([N+](=O)[O-])cc4)C2=O)C3(C)C)cc1. The third-order valence-corrected chi connectivity index (χ3v) is 8.17. The van der Waals surface area contributed by atoms with Gasteiger partial charge in [-0.25, -0.2) is 0 Å². The van der Waals surface area contributed by atoms with Gasteiger partial charge < -0.3 is 5.32 Å². The molecule has 2 atom stereocenters. The molecule has 2 aromatic rings. The van der Waals surface area contributed by atoms with E-state index in [9.17, 15) is 19.7 Å². The van der Waals surface area contributed by atoms with Gasteiger partial charge in [0, 0.05) is 23.2 Å². The Kier molecular flexibility index (Phi) is 5.58. The van der Waals surface area contributed by atoms with Crippen LogP contribution in [0.5, 0.6) is 0 Å². The molecule has 0 saturated heterocycles. The number of ketones is 1. The number of fused-ring (bicyclic) bond motifs is 2. The van der Waals surface area contributed by atoms with Crippen molar-refractivity contribution in [3.63, 3.8) is 0 Å². The van der Waals surface area contributed by atoms with E-state index in [4.69, 9.17) is 0 Å². The number of carbonyl (C=O) groups excluding carboxylic acids is 2. The predicted octanol–water partition coefficient (Wildman–Crippen LogP) is 5.52. The molecule has 2 N–H and O–H groups in total. The largest absolute Gasteiger partial charge is 0.325 e. The van der Waals surface area contributed by atoms with Crippen LogP contribution in [-0.4, -0.2) is 22.3 Å². The lowest BCUT2D eigenvalue weighted by Crippen LogP contribution is -2.47. The number of anilines is 2. The second-order valence-electron chi connectivity index (χ2n) is 10.3. The molecular weight excluding hydrogens is 432 g/mol. The van der Waals surface area contributed by atoms with Crippen molar-refractivity contribution in [1.82, 2.24) is 0 Å². The van der Waals surface area contributed by atoms with Crippen LogP contribution < -0.4 is 10.7 Å². The minimum atomic E-state index is -1.21. The summed E-state index contributed by atoms with van der Waals surface area (Å²) in [4.78, 5) is 37.8. The first kappa shape index (κ1) is 23.6. The molecule has 2 aliphatic carbocycles. The number of hydrogen-bond acceptors (Lipinski definition) is 6. The minimum Gasteiger partial charge on any atom is -0.325 e. The number of Topliss-reactive ketones (excluding diaryl/α,β-unsaturated/α-hetero) is 1. The van der Waals surface area contributed by atoms with Gasteiger partial charge in [-0.3, -0.25) is 25.1 Å². The number of benzene rings is 2. The number of nitro groups is 1. The molecule has 2 unspecified atom stereocenters. The zero-order valence-electron chi connectivity index (χ0n) is 20.1. The fourth-order valence-electron chi connectivity index (χ4n) is 5.44. The van der Waals surface area contributed by atoms with Crippen LogP contribution in [0.25, 0.3) is 0 Å². The Hall–Kier alpha value is -3.55. The third kappa shape index (κ3) is 3.31. The van der Waals surface area contributed by atoms with Gasteiger partial charge in [0.05, 0.1) is 10.6 Å². The second-order valence-corrected chi connectivity index (χ2v) is 10.3. The van der Waals surface area contributed by atoms with Crippen LogP contribution in [0.2, 0.25) is 0 Å². The molecule has 8 nitrogen and oxygen atoms in total. The minimum absolute atomic E-state index is 0.0284. The van der Waals surface area contributed by atoms with Crippen LogP contribution in [0.15, 0.2) is 53.6 Å². The van der Waals surface area contributed by atoms with Crippen molar-refractivity contribution >= 4 is 34.5 Å². The van der Waals surface area contributed by atoms with Crippen LogP contribution in [-0.2, 0) is 9.59 Å². The summed E-state index contributed by atoms with van der Waals surface area (Å²) in [5, 5.41) is 18.3. The van der Waals surface area contributed by atoms with Crippen molar-refractivity contribution in [2.24, 2.45) is 21.3 Å². The molecule has 0 spiro atoms. The Morgan fingerprint density at radius 1 is 1.00 bits per heavy atom. The van der Waals surface area contributed by atoms with Gasteiger partial charge in [0.2, 0.25) is 5.91 Å². The molecule has 1 amide bonds. The second kappa shape index (κ2) is 8.04. The Labute approximate surface area is 199 Å². The Morgan fingerprint density at radius 3 is 2.15 bits per heavy atom. The van der Waals surface area contributed by atoms with E-state index in [1.807, 2.05) is 45.0 Å². The molecular formula is C26H30N4O4. The number of hydrazone groups is 1. The summed E-state index contributed by atoms with van der Waals surface area (Å²) in [6.45, 7) is 10.1. The quantitative estimate of drug-likeness (QED) is 0.333. The summed E-state index contributed by atoms with van der Waals surface area (Å²) in [5.74, 6) is -0.183. The van der Waals surface area contributed by atoms with Crippen molar-refractivity contribution < 1.29 is 14.5 Å². The maximum Gasteiger partial charge on any atom is 0.269 e. The Morgan fingerprint density at radius 2 is 1.59 bits per heavy atom. The third-order valence-electron chi connectivity index (χ3n) is 8.17. The molecule has 0 aliphatic heterocycles. The summed E-state index contributed by atoms with van der Waals surface area (Å²) in [7, 11) is 0. The number of nitrogens with one attached hydrogen (secondary N) is 2. The number of hydrogen-bond donors (Lipinski definition) is 2. The van der Waals surface area contributed by atoms with Crippen molar-refractivity contribution in [3.8, 4) is 0 Å². The van der Waals surface area contributed by atoms with E-state index in [-0.39, 0.29) is 17.4 Å². The first-order valence-corrected chi connectivity index (χ1v) is 11.5. The van der Waals surface area contributed by atoms with Crippen LogP contribution in [0, 0.1) is 26.4 Å². The number of carbonyl (C=O) groups is 2. The molecule has 0 heterocycles. The molecule has 8 heteroatoms. The number of non-ortho nitro benzene ring substituents is 1. The van der Waals surface area contributed by atoms with Crippen LogP contribution >= 0.6 is 0 Å². The molecule has 178 valence electrons. The molecule has 2 aromatic carbocycles. The summed E-state index contributed by atoms with van der Waals surface area (Å²) < 4.78 is 0. The van der Waals surface area contributed by atoms with Crippen LogP contribution in [0.1, 0.15) is 58.9 Å². The zero-order chi connectivity index (χ0) is 24.9. The number of nitrogens with zero attached hydrogens (tertiary/aromatic N) is 2. The molecule has 34 heavy (non-hydrogen) atoms. The normalized spacial score (nSPS) is 26.2. The number of rotatable bonds is 6. The van der Waals surface area contributed by atoms with Gasteiger partial charge in [-0.2, -0.15) is 5.10 Å². The van der Waals surface area contributed by atoms with Gasteiger partial charge in [0.25, 0.3) is 5.69 Å². The van der Waals surface area contributed by atoms with E-state index < -0.39 is 21.2 Å². The lowest BCUT2D eigenvalue weighted by molar-refractivity contribution is -0.384. The maximum absolute atomic E-state index is 13.7. The summed E-state index contributed by atoms with van der Waals surface area (Å²) in [5.41, 5.74) is 3.10. The first-order chi connectivity index (χ1) is 15.9. The monoisotopic (exact) mass is 462 g/mol. The highest BCUT2D eigenvalue weighted by Gasteiger charge is 2.76. The van der Waals surface area contributed by atoms with E-state index in [2.05, 4.69) is 29.7 Å². The van der Waals surface area contributed by atoms with Crippen LogP contribution in [0.3, 0.4) is 0 Å². The van der Waals surface area contributed by atoms with Crippen LogP contribution in [0.4, 0.5) is 17.1 Å². The van der Waals surface area contributed by atoms with E-state index in [1.165, 1.54) is 29.8 Å². The molecule has 2 aliphatic rings. The van der Waals surface area contributed by atoms with E-state index >= 15 is 0 Å². The van der Waals surface area contributed by atoms with Crippen molar-refractivity contribution in [2.75, 3.05) is 10.7 Å². The smallest absolute Gasteiger partial charge is 0.269 e. The average Bonchev–Trinajstić information content (AvgIpc) is 3.07. The number of amides is 1. The van der Waals surface area contributed by atoms with Gasteiger partial charge in [0.1, 0.15) is 11.1 Å². The fraction of sp³-hybridized carbons (Fsp3) is 0.423. The van der Waals surface area contributed by atoms with E-state index in [0.29, 0.717) is 35.8 Å². The Bertz CT molecular complexity index is 1180. The molecule has 0 radical (unpaired) electrons.